The van der Waals surface area contributed by atoms with Gasteiger partial charge in [0.25, 0.3) is 0 Å². The van der Waals surface area contributed by atoms with Crippen LogP contribution < -0.4 is 4.72 Å². The Morgan fingerprint density at radius 3 is 2.27 bits per heavy atom. The standard InChI is InChI=1S/C12H13ClF3NO4S/c1-6(2)10(11(18)19)17-22(20,21)9-4-3-7(13)5-8(9)12(14,15)16/h3-6,10,17H,1-2H3,(H,18,19)/t10-/m0/s1. The molecule has 0 spiro atoms. The third kappa shape index (κ3) is 4.34. The number of aliphatic carboxylic acids is 1. The van der Waals surface area contributed by atoms with Gasteiger partial charge in [0.2, 0.25) is 10.0 Å². The van der Waals surface area contributed by atoms with E-state index in [-0.39, 0.29) is 5.02 Å². The number of halogens is 4. The minimum atomic E-state index is -4.95. The maximum atomic E-state index is 12.9. The summed E-state index contributed by atoms with van der Waals surface area (Å²) in [5, 5.41) is 8.67. The highest BCUT2D eigenvalue weighted by Gasteiger charge is 2.39. The molecule has 1 aromatic carbocycles. The van der Waals surface area contributed by atoms with Crippen LogP contribution in [0.25, 0.3) is 0 Å². The Hall–Kier alpha value is -1.32. The van der Waals surface area contributed by atoms with Gasteiger partial charge in [-0.2, -0.15) is 17.9 Å². The second-order valence-corrected chi connectivity index (χ2v) is 6.94. The molecule has 0 radical (unpaired) electrons. The summed E-state index contributed by atoms with van der Waals surface area (Å²) in [6, 6.07) is 0.589. The zero-order valence-corrected chi connectivity index (χ0v) is 13.1. The Morgan fingerprint density at radius 2 is 1.86 bits per heavy atom. The van der Waals surface area contributed by atoms with E-state index in [4.69, 9.17) is 16.7 Å². The first kappa shape index (κ1) is 18.7. The lowest BCUT2D eigenvalue weighted by molar-refractivity contribution is -0.140. The molecule has 0 fully saturated rings. The third-order valence-electron chi connectivity index (χ3n) is 2.75. The van der Waals surface area contributed by atoms with Gasteiger partial charge in [-0.15, -0.1) is 0 Å². The predicted molar refractivity (Wildman–Crippen MR) is 73.0 cm³/mol. The van der Waals surface area contributed by atoms with Gasteiger partial charge in [-0.3, -0.25) is 4.79 Å². The molecule has 10 heteroatoms. The minimum Gasteiger partial charge on any atom is -0.480 e. The minimum absolute atomic E-state index is 0.287. The summed E-state index contributed by atoms with van der Waals surface area (Å²) < 4.78 is 64.8. The van der Waals surface area contributed by atoms with Crippen LogP contribution in [-0.2, 0) is 21.0 Å². The van der Waals surface area contributed by atoms with Crippen LogP contribution >= 0.6 is 11.6 Å². The van der Waals surface area contributed by atoms with Crippen LogP contribution in [0, 0.1) is 5.92 Å². The van der Waals surface area contributed by atoms with Crippen molar-refractivity contribution in [2.75, 3.05) is 0 Å². The van der Waals surface area contributed by atoms with Crippen molar-refractivity contribution in [2.24, 2.45) is 5.92 Å². The summed E-state index contributed by atoms with van der Waals surface area (Å²) in [6.07, 6.45) is -4.95. The summed E-state index contributed by atoms with van der Waals surface area (Å²) in [5.41, 5.74) is -1.46. The molecule has 0 aromatic heterocycles. The number of carboxylic acid groups (broad SMARTS) is 1. The Bertz CT molecular complexity index is 673. The lowest BCUT2D eigenvalue weighted by atomic mass is 10.1. The second-order valence-electron chi connectivity index (χ2n) is 4.82. The number of hydrogen-bond donors (Lipinski definition) is 2. The highest BCUT2D eigenvalue weighted by Crippen LogP contribution is 2.35. The van der Waals surface area contributed by atoms with E-state index in [1.165, 1.54) is 13.8 Å². The highest BCUT2D eigenvalue weighted by atomic mass is 35.5. The maximum absolute atomic E-state index is 12.9. The number of rotatable bonds is 5. The molecule has 0 unspecified atom stereocenters. The van der Waals surface area contributed by atoms with Gasteiger partial charge in [-0.25, -0.2) is 8.42 Å². The summed E-state index contributed by atoms with van der Waals surface area (Å²) >= 11 is 5.47. The third-order valence-corrected chi connectivity index (χ3v) is 4.49. The number of carboxylic acids is 1. The molecular formula is C12H13ClF3NO4S. The topological polar surface area (TPSA) is 83.5 Å². The molecule has 1 rings (SSSR count). The van der Waals surface area contributed by atoms with Gasteiger partial charge in [-0.1, -0.05) is 25.4 Å². The summed E-state index contributed by atoms with van der Waals surface area (Å²) in [5.74, 6) is -2.14. The lowest BCUT2D eigenvalue weighted by Gasteiger charge is -2.20. The molecule has 0 saturated heterocycles. The van der Waals surface area contributed by atoms with E-state index < -0.39 is 44.6 Å². The Balaban J connectivity index is 3.38. The maximum Gasteiger partial charge on any atom is 0.417 e. The molecule has 0 heterocycles. The van der Waals surface area contributed by atoms with E-state index >= 15 is 0 Å². The molecule has 2 N–H and O–H groups in total. The normalized spacial score (nSPS) is 14.1. The van der Waals surface area contributed by atoms with E-state index in [2.05, 4.69) is 0 Å². The zero-order valence-electron chi connectivity index (χ0n) is 11.5. The van der Waals surface area contributed by atoms with Crippen molar-refractivity contribution in [3.05, 3.63) is 28.8 Å². The van der Waals surface area contributed by atoms with Gasteiger partial charge in [0.15, 0.2) is 0 Å². The molecule has 0 aliphatic heterocycles. The van der Waals surface area contributed by atoms with Crippen LogP contribution in [0.5, 0.6) is 0 Å². The Kier molecular flexibility index (Phi) is 5.47. The van der Waals surface area contributed by atoms with Crippen molar-refractivity contribution in [3.8, 4) is 0 Å². The average molecular weight is 360 g/mol. The van der Waals surface area contributed by atoms with Crippen LogP contribution in [0.3, 0.4) is 0 Å². The summed E-state index contributed by atoms with van der Waals surface area (Å²) in [4.78, 5) is 9.94. The lowest BCUT2D eigenvalue weighted by Crippen LogP contribution is -2.44. The van der Waals surface area contributed by atoms with Gasteiger partial charge in [0, 0.05) is 5.02 Å². The van der Waals surface area contributed by atoms with Crippen molar-refractivity contribution in [1.29, 1.82) is 0 Å². The fourth-order valence-electron chi connectivity index (χ4n) is 1.66. The number of alkyl halides is 3. The summed E-state index contributed by atoms with van der Waals surface area (Å²) in [7, 11) is -4.69. The van der Waals surface area contributed by atoms with Crippen LogP contribution in [0.4, 0.5) is 13.2 Å². The van der Waals surface area contributed by atoms with E-state index in [0.717, 1.165) is 6.07 Å². The molecule has 0 bridgehead atoms. The molecule has 5 nitrogen and oxygen atoms in total. The Labute approximate surface area is 130 Å². The summed E-state index contributed by atoms with van der Waals surface area (Å²) in [6.45, 7) is 2.85. The van der Waals surface area contributed by atoms with Crippen LogP contribution in [0.15, 0.2) is 23.1 Å². The van der Waals surface area contributed by atoms with E-state index in [0.29, 0.717) is 12.1 Å². The number of sulfonamides is 1. The number of carbonyl (C=O) groups is 1. The van der Waals surface area contributed by atoms with E-state index in [1.54, 1.807) is 4.72 Å². The van der Waals surface area contributed by atoms with Gasteiger partial charge in [-0.05, 0) is 24.1 Å². The van der Waals surface area contributed by atoms with Crippen molar-refractivity contribution < 1.29 is 31.5 Å². The first-order chi connectivity index (χ1) is 9.86. The highest BCUT2D eigenvalue weighted by molar-refractivity contribution is 7.89. The smallest absolute Gasteiger partial charge is 0.417 e. The predicted octanol–water partition coefficient (Wildman–Crippen LogP) is 2.75. The Morgan fingerprint density at radius 1 is 1.32 bits per heavy atom. The SMILES string of the molecule is CC(C)[C@H](NS(=O)(=O)c1ccc(Cl)cc1C(F)(F)F)C(=O)O. The average Bonchev–Trinajstić information content (AvgIpc) is 2.34. The van der Waals surface area contributed by atoms with Gasteiger partial charge in [0.05, 0.1) is 10.5 Å². The fraction of sp³-hybridized carbons (Fsp3) is 0.417. The molecule has 0 aliphatic carbocycles. The first-order valence-electron chi connectivity index (χ1n) is 5.98. The van der Waals surface area contributed by atoms with E-state index in [1.807, 2.05) is 0 Å². The number of benzene rings is 1. The largest absolute Gasteiger partial charge is 0.480 e. The first-order valence-corrected chi connectivity index (χ1v) is 7.84. The van der Waals surface area contributed by atoms with Crippen molar-refractivity contribution in [1.82, 2.24) is 4.72 Å². The van der Waals surface area contributed by atoms with Crippen molar-refractivity contribution in [2.45, 2.75) is 31.0 Å². The van der Waals surface area contributed by atoms with Crippen molar-refractivity contribution >= 4 is 27.6 Å². The molecule has 22 heavy (non-hydrogen) atoms. The molecule has 0 amide bonds. The van der Waals surface area contributed by atoms with Gasteiger partial charge in [0.1, 0.15) is 6.04 Å². The molecule has 1 atom stereocenters. The van der Waals surface area contributed by atoms with Gasteiger partial charge < -0.3 is 5.11 Å². The van der Waals surface area contributed by atoms with Crippen LogP contribution in [0.1, 0.15) is 19.4 Å². The monoisotopic (exact) mass is 359 g/mol. The molecule has 0 aliphatic rings. The quantitative estimate of drug-likeness (QED) is 0.846. The van der Waals surface area contributed by atoms with E-state index in [9.17, 15) is 26.4 Å². The van der Waals surface area contributed by atoms with Crippen LogP contribution in [-0.4, -0.2) is 25.5 Å². The number of hydrogen-bond acceptors (Lipinski definition) is 3. The molecule has 1 aromatic rings. The van der Waals surface area contributed by atoms with Crippen LogP contribution in [0.2, 0.25) is 5.02 Å². The number of nitrogens with one attached hydrogen (secondary N) is 1. The molecule has 0 saturated carbocycles. The molecule has 124 valence electrons. The zero-order chi connectivity index (χ0) is 17.3. The second kappa shape index (κ2) is 6.43. The fourth-order valence-corrected chi connectivity index (χ4v) is 3.38. The molecular weight excluding hydrogens is 347 g/mol. The van der Waals surface area contributed by atoms with Gasteiger partial charge >= 0.3 is 12.1 Å². The van der Waals surface area contributed by atoms with Crippen molar-refractivity contribution in [3.63, 3.8) is 0 Å².